The Bertz CT molecular complexity index is 819. The van der Waals surface area contributed by atoms with Gasteiger partial charge in [-0.15, -0.1) is 0 Å². The van der Waals surface area contributed by atoms with E-state index in [-0.39, 0.29) is 11.3 Å². The first-order valence-electron chi connectivity index (χ1n) is 8.66. The smallest absolute Gasteiger partial charge is 0.494 e. The van der Waals surface area contributed by atoms with Gasteiger partial charge in [0.1, 0.15) is 0 Å². The molecule has 1 saturated heterocycles. The quantitative estimate of drug-likeness (QED) is 0.744. The minimum Gasteiger partial charge on any atom is -0.494 e. The number of benzene rings is 2. The van der Waals surface area contributed by atoms with E-state index in [1.807, 2.05) is 27.7 Å². The summed E-state index contributed by atoms with van der Waals surface area (Å²) >= 11 is 0. The van der Waals surface area contributed by atoms with Crippen molar-refractivity contribution in [1.29, 1.82) is 0 Å². The molecule has 7 heteroatoms. The van der Waals surface area contributed by atoms with Crippen LogP contribution in [0, 0.1) is 5.82 Å². The minimum atomic E-state index is -3.51. The van der Waals surface area contributed by atoms with E-state index >= 15 is 0 Å². The zero-order valence-electron chi connectivity index (χ0n) is 16.0. The Labute approximate surface area is 157 Å². The first-order valence-corrected chi connectivity index (χ1v) is 8.66. The van der Waals surface area contributed by atoms with Gasteiger partial charge in [-0.25, -0.2) is 4.39 Å². The molecule has 2 aromatic carbocycles. The monoisotopic (exact) mass is 378 g/mol. The Kier molecular flexibility index (Phi) is 4.81. The van der Waals surface area contributed by atoms with Crippen molar-refractivity contribution in [3.63, 3.8) is 0 Å². The highest BCUT2D eigenvalue weighted by atomic mass is 19.3. The lowest BCUT2D eigenvalue weighted by Gasteiger charge is -2.32. The predicted molar refractivity (Wildman–Crippen MR) is 98.1 cm³/mol. The Morgan fingerprint density at radius 3 is 2.00 bits per heavy atom. The molecule has 0 spiro atoms. The van der Waals surface area contributed by atoms with Gasteiger partial charge in [-0.3, -0.25) is 0 Å². The van der Waals surface area contributed by atoms with Gasteiger partial charge in [0.25, 0.3) is 0 Å². The van der Waals surface area contributed by atoms with E-state index < -0.39 is 35.6 Å². The molecule has 144 valence electrons. The highest BCUT2D eigenvalue weighted by molar-refractivity contribution is 6.62. The fourth-order valence-corrected chi connectivity index (χ4v) is 2.90. The minimum absolute atomic E-state index is 0.221. The Hall–Kier alpha value is -1.99. The van der Waals surface area contributed by atoms with Crippen molar-refractivity contribution in [2.24, 2.45) is 0 Å². The first-order chi connectivity index (χ1) is 12.5. The van der Waals surface area contributed by atoms with E-state index in [4.69, 9.17) is 14.0 Å². The second kappa shape index (κ2) is 6.57. The normalized spacial score (nSPS) is 18.6. The molecule has 0 aromatic heterocycles. The standard InChI is InChI=1S/C20H22BF3O3/c1-18(2)19(3,4)27-21(26-18)14-11-9-13(10-12-14)20(23,24)15-7-6-8-16(25-5)17(15)22/h6-12H,1-5H3. The molecule has 2 aromatic rings. The van der Waals surface area contributed by atoms with Crippen LogP contribution in [-0.2, 0) is 15.2 Å². The van der Waals surface area contributed by atoms with Gasteiger partial charge in [-0.2, -0.15) is 8.78 Å². The van der Waals surface area contributed by atoms with E-state index in [2.05, 4.69) is 0 Å². The molecule has 1 aliphatic heterocycles. The van der Waals surface area contributed by atoms with Crippen LogP contribution in [0.5, 0.6) is 5.75 Å². The van der Waals surface area contributed by atoms with Crippen LogP contribution in [0.2, 0.25) is 0 Å². The molecule has 0 aliphatic carbocycles. The molecule has 0 bridgehead atoms. The van der Waals surface area contributed by atoms with Gasteiger partial charge < -0.3 is 14.0 Å². The maximum Gasteiger partial charge on any atom is 0.494 e. The van der Waals surface area contributed by atoms with Crippen LogP contribution in [0.3, 0.4) is 0 Å². The van der Waals surface area contributed by atoms with Crippen LogP contribution in [0.1, 0.15) is 38.8 Å². The second-order valence-electron chi connectivity index (χ2n) is 7.61. The summed E-state index contributed by atoms with van der Waals surface area (Å²) in [5, 5.41) is 0. The summed E-state index contributed by atoms with van der Waals surface area (Å²) in [6.07, 6.45) is 0. The number of ether oxygens (including phenoxy) is 1. The zero-order valence-corrected chi connectivity index (χ0v) is 16.0. The average Bonchev–Trinajstić information content (AvgIpc) is 2.83. The summed E-state index contributed by atoms with van der Waals surface area (Å²) in [6, 6.07) is 9.26. The van der Waals surface area contributed by atoms with Crippen molar-refractivity contribution < 1.29 is 27.2 Å². The molecule has 0 atom stereocenters. The fraction of sp³-hybridized carbons (Fsp3) is 0.400. The van der Waals surface area contributed by atoms with Crippen LogP contribution >= 0.6 is 0 Å². The van der Waals surface area contributed by atoms with Crippen LogP contribution in [-0.4, -0.2) is 25.4 Å². The van der Waals surface area contributed by atoms with E-state index in [9.17, 15) is 13.2 Å². The highest BCUT2D eigenvalue weighted by Gasteiger charge is 2.51. The maximum atomic E-state index is 14.9. The number of methoxy groups -OCH3 is 1. The summed E-state index contributed by atoms with van der Waals surface area (Å²) < 4.78 is 60.7. The van der Waals surface area contributed by atoms with Crippen molar-refractivity contribution in [2.75, 3.05) is 7.11 Å². The zero-order chi connectivity index (χ0) is 20.0. The van der Waals surface area contributed by atoms with E-state index in [0.29, 0.717) is 5.46 Å². The largest absolute Gasteiger partial charge is 0.494 e. The third kappa shape index (κ3) is 3.34. The number of hydrogen-bond acceptors (Lipinski definition) is 3. The lowest BCUT2D eigenvalue weighted by atomic mass is 9.78. The lowest BCUT2D eigenvalue weighted by molar-refractivity contribution is 0.00578. The summed E-state index contributed by atoms with van der Waals surface area (Å²) in [5.74, 6) is -4.80. The van der Waals surface area contributed by atoms with Gasteiger partial charge in [0.2, 0.25) is 0 Å². The second-order valence-corrected chi connectivity index (χ2v) is 7.61. The fourth-order valence-electron chi connectivity index (χ4n) is 2.90. The number of rotatable bonds is 4. The summed E-state index contributed by atoms with van der Waals surface area (Å²) in [7, 11) is 0.589. The van der Waals surface area contributed by atoms with Gasteiger partial charge in [0.05, 0.1) is 23.9 Å². The first kappa shape index (κ1) is 19.8. The van der Waals surface area contributed by atoms with Gasteiger partial charge in [-0.05, 0) is 45.3 Å². The molecule has 0 N–H and O–H groups in total. The molecule has 3 rings (SSSR count). The molecular weight excluding hydrogens is 356 g/mol. The molecule has 27 heavy (non-hydrogen) atoms. The molecular formula is C20H22BF3O3. The topological polar surface area (TPSA) is 27.7 Å². The third-order valence-corrected chi connectivity index (χ3v) is 5.32. The molecule has 0 unspecified atom stereocenters. The number of hydrogen-bond donors (Lipinski definition) is 0. The highest BCUT2D eigenvalue weighted by Crippen LogP contribution is 2.40. The van der Waals surface area contributed by atoms with Crippen molar-refractivity contribution >= 4 is 12.6 Å². The van der Waals surface area contributed by atoms with Crippen LogP contribution < -0.4 is 10.2 Å². The average molecular weight is 378 g/mol. The number of alkyl halides is 2. The predicted octanol–water partition coefficient (Wildman–Crippen LogP) is 4.27. The van der Waals surface area contributed by atoms with E-state index in [0.717, 1.165) is 6.07 Å². The number of halogens is 3. The summed E-state index contributed by atoms with van der Waals surface area (Å²) in [6.45, 7) is 7.67. The summed E-state index contributed by atoms with van der Waals surface area (Å²) in [5.41, 5.74) is -1.48. The molecule has 0 radical (unpaired) electrons. The Morgan fingerprint density at radius 1 is 0.926 bits per heavy atom. The van der Waals surface area contributed by atoms with Crippen molar-refractivity contribution in [3.05, 3.63) is 59.4 Å². The molecule has 1 fully saturated rings. The van der Waals surface area contributed by atoms with Crippen LogP contribution in [0.25, 0.3) is 0 Å². The van der Waals surface area contributed by atoms with Gasteiger partial charge >= 0.3 is 13.0 Å². The molecule has 0 saturated carbocycles. The van der Waals surface area contributed by atoms with Crippen molar-refractivity contribution in [3.8, 4) is 5.75 Å². The Morgan fingerprint density at radius 2 is 1.48 bits per heavy atom. The SMILES string of the molecule is COc1cccc(C(F)(F)c2ccc(B3OC(C)(C)C(C)(C)O3)cc2)c1F. The maximum absolute atomic E-state index is 14.9. The van der Waals surface area contributed by atoms with Crippen molar-refractivity contribution in [1.82, 2.24) is 0 Å². The van der Waals surface area contributed by atoms with Crippen molar-refractivity contribution in [2.45, 2.75) is 44.8 Å². The Balaban J connectivity index is 1.90. The van der Waals surface area contributed by atoms with Crippen LogP contribution in [0.15, 0.2) is 42.5 Å². The van der Waals surface area contributed by atoms with Gasteiger partial charge in [-0.1, -0.05) is 30.3 Å². The molecule has 0 amide bonds. The third-order valence-electron chi connectivity index (χ3n) is 5.32. The van der Waals surface area contributed by atoms with E-state index in [1.165, 1.54) is 43.5 Å². The van der Waals surface area contributed by atoms with Gasteiger partial charge in [0, 0.05) is 5.56 Å². The molecule has 1 heterocycles. The van der Waals surface area contributed by atoms with Crippen LogP contribution in [0.4, 0.5) is 13.2 Å². The lowest BCUT2D eigenvalue weighted by Crippen LogP contribution is -2.41. The molecule has 3 nitrogen and oxygen atoms in total. The van der Waals surface area contributed by atoms with Gasteiger partial charge in [0.15, 0.2) is 11.6 Å². The van der Waals surface area contributed by atoms with E-state index in [1.54, 1.807) is 0 Å². The summed E-state index contributed by atoms with van der Waals surface area (Å²) in [4.78, 5) is 0. The molecule has 1 aliphatic rings.